The minimum Gasteiger partial charge on any atom is -0.366 e. The Bertz CT molecular complexity index is 137. The molecule has 4 atom stereocenters. The third kappa shape index (κ3) is 0.856. The van der Waals surface area contributed by atoms with E-state index in [9.17, 15) is 0 Å². The first kappa shape index (κ1) is 6.58. The zero-order valence-electron chi connectivity index (χ0n) is 5.99. The van der Waals surface area contributed by atoms with Gasteiger partial charge in [0.15, 0.2) is 6.29 Å². The molecule has 0 aromatic carbocycles. The molecule has 0 amide bonds. The van der Waals surface area contributed by atoms with Gasteiger partial charge in [0.1, 0.15) is 12.2 Å². The first-order valence-electron chi connectivity index (χ1n) is 3.82. The molecular weight excluding hydrogens is 132 g/mol. The minimum atomic E-state index is -0.651. The smallest absolute Gasteiger partial charge is 0.184 e. The van der Waals surface area contributed by atoms with Gasteiger partial charge in [-0.1, -0.05) is 13.3 Å². The molecule has 3 nitrogen and oxygen atoms in total. The number of epoxide rings is 1. The van der Waals surface area contributed by atoms with Crippen LogP contribution < -0.4 is 0 Å². The van der Waals surface area contributed by atoms with E-state index in [1.54, 1.807) is 0 Å². The molecule has 2 heterocycles. The van der Waals surface area contributed by atoms with Crippen LogP contribution in [0.3, 0.4) is 0 Å². The van der Waals surface area contributed by atoms with Crippen LogP contribution in [0.1, 0.15) is 19.8 Å². The predicted molar refractivity (Wildman–Crippen MR) is 34.4 cm³/mol. The summed E-state index contributed by atoms with van der Waals surface area (Å²) in [5, 5.41) is 9.09. The quantitative estimate of drug-likeness (QED) is 0.566. The first-order valence-corrected chi connectivity index (χ1v) is 3.82. The first-order chi connectivity index (χ1) is 4.83. The van der Waals surface area contributed by atoms with Crippen LogP contribution in [0.5, 0.6) is 0 Å². The molecule has 2 rings (SSSR count). The average molecular weight is 144 g/mol. The van der Waals surface area contributed by atoms with E-state index < -0.39 is 6.29 Å². The van der Waals surface area contributed by atoms with Crippen molar-refractivity contribution in [2.75, 3.05) is 0 Å². The van der Waals surface area contributed by atoms with Crippen molar-refractivity contribution in [2.24, 2.45) is 0 Å². The maximum absolute atomic E-state index is 9.09. The highest BCUT2D eigenvalue weighted by atomic mass is 16.7. The second kappa shape index (κ2) is 2.19. The molecule has 2 aliphatic heterocycles. The molecule has 0 aromatic rings. The molecule has 0 bridgehead atoms. The number of hydrogen-bond donors (Lipinski definition) is 1. The lowest BCUT2D eigenvalue weighted by Crippen LogP contribution is -2.18. The SMILES string of the molecule is CCCC1OC(O)C2OC12. The molecule has 0 radical (unpaired) electrons. The van der Waals surface area contributed by atoms with E-state index in [0.717, 1.165) is 12.8 Å². The lowest BCUT2D eigenvalue weighted by Gasteiger charge is -2.11. The molecule has 10 heavy (non-hydrogen) atoms. The maximum atomic E-state index is 9.09. The highest BCUT2D eigenvalue weighted by Gasteiger charge is 2.57. The van der Waals surface area contributed by atoms with Crippen LogP contribution >= 0.6 is 0 Å². The summed E-state index contributed by atoms with van der Waals surface area (Å²) in [7, 11) is 0. The van der Waals surface area contributed by atoms with Crippen molar-refractivity contribution >= 4 is 0 Å². The molecule has 0 aliphatic carbocycles. The lowest BCUT2D eigenvalue weighted by molar-refractivity contribution is -0.141. The largest absolute Gasteiger partial charge is 0.366 e. The van der Waals surface area contributed by atoms with Crippen molar-refractivity contribution in [1.82, 2.24) is 0 Å². The second-order valence-electron chi connectivity index (χ2n) is 2.92. The van der Waals surface area contributed by atoms with Crippen LogP contribution in [0.4, 0.5) is 0 Å². The molecule has 0 spiro atoms. The Kier molecular flexibility index (Phi) is 1.44. The molecule has 1 N–H and O–H groups in total. The number of aliphatic hydroxyl groups excluding tert-OH is 1. The van der Waals surface area contributed by atoms with E-state index >= 15 is 0 Å². The molecule has 2 aliphatic rings. The number of fused-ring (bicyclic) bond motifs is 1. The summed E-state index contributed by atoms with van der Waals surface area (Å²) < 4.78 is 10.3. The highest BCUT2D eigenvalue weighted by Crippen LogP contribution is 2.39. The average Bonchev–Trinajstić information content (AvgIpc) is 2.59. The Labute approximate surface area is 59.9 Å². The zero-order valence-corrected chi connectivity index (χ0v) is 5.99. The van der Waals surface area contributed by atoms with Crippen LogP contribution in [-0.4, -0.2) is 29.7 Å². The molecule has 4 unspecified atom stereocenters. The van der Waals surface area contributed by atoms with Crippen molar-refractivity contribution in [1.29, 1.82) is 0 Å². The van der Waals surface area contributed by atoms with Crippen LogP contribution in [0.15, 0.2) is 0 Å². The zero-order chi connectivity index (χ0) is 7.14. The fraction of sp³-hybridized carbons (Fsp3) is 1.00. The summed E-state index contributed by atoms with van der Waals surface area (Å²) in [5.41, 5.74) is 0. The summed E-state index contributed by atoms with van der Waals surface area (Å²) in [4.78, 5) is 0. The number of rotatable bonds is 2. The predicted octanol–water partition coefficient (Wildman–Crippen LogP) is 0.271. The maximum Gasteiger partial charge on any atom is 0.184 e. The van der Waals surface area contributed by atoms with E-state index in [4.69, 9.17) is 14.6 Å². The summed E-state index contributed by atoms with van der Waals surface area (Å²) in [6, 6.07) is 0. The van der Waals surface area contributed by atoms with Gasteiger partial charge in [0, 0.05) is 0 Å². The van der Waals surface area contributed by atoms with Gasteiger partial charge in [-0.05, 0) is 6.42 Å². The van der Waals surface area contributed by atoms with Crippen LogP contribution in [0.25, 0.3) is 0 Å². The molecule has 3 heteroatoms. The highest BCUT2D eigenvalue weighted by molar-refractivity contribution is 4.99. The van der Waals surface area contributed by atoms with E-state index in [1.165, 1.54) is 0 Å². The Morgan fingerprint density at radius 1 is 1.30 bits per heavy atom. The van der Waals surface area contributed by atoms with Crippen molar-refractivity contribution in [3.63, 3.8) is 0 Å². The third-order valence-electron chi connectivity index (χ3n) is 2.10. The van der Waals surface area contributed by atoms with Gasteiger partial charge in [-0.25, -0.2) is 0 Å². The Morgan fingerprint density at radius 3 is 2.50 bits per heavy atom. The van der Waals surface area contributed by atoms with Crippen molar-refractivity contribution < 1.29 is 14.6 Å². The normalized spacial score (nSPS) is 51.0. The van der Waals surface area contributed by atoms with Gasteiger partial charge in [0.25, 0.3) is 0 Å². The van der Waals surface area contributed by atoms with Crippen LogP contribution in [-0.2, 0) is 9.47 Å². The van der Waals surface area contributed by atoms with Crippen molar-refractivity contribution in [3.05, 3.63) is 0 Å². The topological polar surface area (TPSA) is 42.0 Å². The Balaban J connectivity index is 1.89. The number of hydrogen-bond acceptors (Lipinski definition) is 3. The molecular formula is C7H12O3. The molecule has 58 valence electrons. The summed E-state index contributed by atoms with van der Waals surface area (Å²) >= 11 is 0. The fourth-order valence-electron chi connectivity index (χ4n) is 1.52. The van der Waals surface area contributed by atoms with Crippen molar-refractivity contribution in [2.45, 2.75) is 44.4 Å². The number of aliphatic hydroxyl groups is 1. The van der Waals surface area contributed by atoms with E-state index in [1.807, 2.05) is 0 Å². The summed E-state index contributed by atoms with van der Waals surface area (Å²) in [6.07, 6.45) is 1.79. The minimum absolute atomic E-state index is 0.00319. The van der Waals surface area contributed by atoms with Gasteiger partial charge in [0.2, 0.25) is 0 Å². The summed E-state index contributed by atoms with van der Waals surface area (Å²) in [5.74, 6) is 0. The molecule has 2 saturated heterocycles. The summed E-state index contributed by atoms with van der Waals surface area (Å²) in [6.45, 7) is 2.10. The van der Waals surface area contributed by atoms with Crippen LogP contribution in [0, 0.1) is 0 Å². The Morgan fingerprint density at radius 2 is 2.10 bits per heavy atom. The van der Waals surface area contributed by atoms with Gasteiger partial charge in [0.05, 0.1) is 6.10 Å². The van der Waals surface area contributed by atoms with Gasteiger partial charge in [-0.2, -0.15) is 0 Å². The van der Waals surface area contributed by atoms with Gasteiger partial charge >= 0.3 is 0 Å². The van der Waals surface area contributed by atoms with Crippen LogP contribution in [0.2, 0.25) is 0 Å². The van der Waals surface area contributed by atoms with Crippen molar-refractivity contribution in [3.8, 4) is 0 Å². The molecule has 0 saturated carbocycles. The van der Waals surface area contributed by atoms with Gasteiger partial charge in [-0.15, -0.1) is 0 Å². The Hall–Kier alpha value is -0.120. The monoisotopic (exact) mass is 144 g/mol. The second-order valence-corrected chi connectivity index (χ2v) is 2.92. The van der Waals surface area contributed by atoms with Gasteiger partial charge in [-0.3, -0.25) is 0 Å². The van der Waals surface area contributed by atoms with E-state index in [-0.39, 0.29) is 18.3 Å². The molecule has 0 aromatic heterocycles. The van der Waals surface area contributed by atoms with Gasteiger partial charge < -0.3 is 14.6 Å². The fourth-order valence-corrected chi connectivity index (χ4v) is 1.52. The van der Waals surface area contributed by atoms with E-state index in [0.29, 0.717) is 0 Å². The molecule has 2 fully saturated rings. The number of ether oxygens (including phenoxy) is 2. The third-order valence-corrected chi connectivity index (χ3v) is 2.10. The van der Waals surface area contributed by atoms with E-state index in [2.05, 4.69) is 6.92 Å². The lowest BCUT2D eigenvalue weighted by atomic mass is 10.1. The standard InChI is InChI=1S/C7H12O3/c1-2-3-4-5-6(10-5)7(8)9-4/h4-8H,2-3H2,1H3.